The Bertz CT molecular complexity index is 552. The summed E-state index contributed by atoms with van der Waals surface area (Å²) in [6, 6.07) is 12.0. The van der Waals surface area contributed by atoms with Crippen molar-refractivity contribution in [2.24, 2.45) is 0 Å². The molecule has 0 fully saturated rings. The zero-order chi connectivity index (χ0) is 14.4. The molecule has 0 heterocycles. The summed E-state index contributed by atoms with van der Waals surface area (Å²) in [7, 11) is 1.65. The van der Waals surface area contributed by atoms with Gasteiger partial charge >= 0.3 is 0 Å². The molecule has 0 amide bonds. The molecule has 0 radical (unpaired) electrons. The predicted octanol–water partition coefficient (Wildman–Crippen LogP) is 2.87. The van der Waals surface area contributed by atoms with Gasteiger partial charge in [-0.1, -0.05) is 12.1 Å². The molecule has 0 unspecified atom stereocenters. The van der Waals surface area contributed by atoms with Crippen LogP contribution in [0.3, 0.4) is 0 Å². The monoisotopic (exact) mass is 275 g/mol. The van der Waals surface area contributed by atoms with Gasteiger partial charge in [-0.2, -0.15) is 0 Å². The number of aromatic hydroxyl groups is 1. The van der Waals surface area contributed by atoms with E-state index in [4.69, 9.17) is 4.74 Å². The molecule has 4 heteroatoms. The predicted molar refractivity (Wildman–Crippen MR) is 76.5 cm³/mol. The highest BCUT2D eigenvalue weighted by atomic mass is 19.1. The summed E-state index contributed by atoms with van der Waals surface area (Å²) in [6.07, 6.45) is 0.860. The maximum atomic E-state index is 13.1. The summed E-state index contributed by atoms with van der Waals surface area (Å²) in [4.78, 5) is 0. The largest absolute Gasteiger partial charge is 0.508 e. The lowest BCUT2D eigenvalue weighted by Gasteiger charge is -2.07. The van der Waals surface area contributed by atoms with Gasteiger partial charge in [0, 0.05) is 12.6 Å². The van der Waals surface area contributed by atoms with Crippen LogP contribution in [-0.4, -0.2) is 18.8 Å². The molecule has 0 atom stereocenters. The number of hydrogen-bond donors (Lipinski definition) is 2. The van der Waals surface area contributed by atoms with E-state index in [0.29, 0.717) is 6.54 Å². The van der Waals surface area contributed by atoms with Crippen molar-refractivity contribution in [1.82, 2.24) is 5.32 Å². The number of nitrogens with one attached hydrogen (secondary N) is 1. The Morgan fingerprint density at radius 2 is 2.00 bits per heavy atom. The van der Waals surface area contributed by atoms with Gasteiger partial charge < -0.3 is 15.2 Å². The van der Waals surface area contributed by atoms with Crippen LogP contribution < -0.4 is 10.1 Å². The third-order valence-electron chi connectivity index (χ3n) is 3.00. The van der Waals surface area contributed by atoms with Crippen LogP contribution in [0.2, 0.25) is 0 Å². The molecule has 0 bridgehead atoms. The minimum absolute atomic E-state index is 0.0467. The van der Waals surface area contributed by atoms with Gasteiger partial charge in [-0.15, -0.1) is 0 Å². The van der Waals surface area contributed by atoms with E-state index < -0.39 is 5.82 Å². The summed E-state index contributed by atoms with van der Waals surface area (Å²) in [5, 5.41) is 12.5. The van der Waals surface area contributed by atoms with Crippen molar-refractivity contribution < 1.29 is 14.2 Å². The van der Waals surface area contributed by atoms with Gasteiger partial charge in [0.2, 0.25) is 0 Å². The van der Waals surface area contributed by atoms with Gasteiger partial charge in [-0.3, -0.25) is 0 Å². The van der Waals surface area contributed by atoms with Crippen LogP contribution in [0.4, 0.5) is 4.39 Å². The van der Waals surface area contributed by atoms with Crippen molar-refractivity contribution in [2.45, 2.75) is 13.0 Å². The van der Waals surface area contributed by atoms with Crippen molar-refractivity contribution in [3.8, 4) is 11.5 Å². The zero-order valence-corrected chi connectivity index (χ0v) is 11.4. The molecule has 0 aromatic heterocycles. The second-order valence-corrected chi connectivity index (χ2v) is 4.60. The molecule has 2 aromatic carbocycles. The van der Waals surface area contributed by atoms with E-state index in [2.05, 4.69) is 5.32 Å². The molecule has 0 saturated heterocycles. The molecule has 0 spiro atoms. The Morgan fingerprint density at radius 3 is 2.75 bits per heavy atom. The summed E-state index contributed by atoms with van der Waals surface area (Å²) in [5.41, 5.74) is 1.91. The molecular formula is C16H18FNO2. The maximum Gasteiger partial charge on any atom is 0.127 e. The maximum absolute atomic E-state index is 13.1. The lowest BCUT2D eigenvalue weighted by atomic mass is 10.1. The molecule has 0 aliphatic heterocycles. The fourth-order valence-electron chi connectivity index (χ4n) is 2.03. The molecular weight excluding hydrogens is 257 g/mol. The lowest BCUT2D eigenvalue weighted by molar-refractivity contribution is 0.414. The highest BCUT2D eigenvalue weighted by Gasteiger charge is 2.00. The molecule has 2 N–H and O–H groups in total. The fraction of sp³-hybridized carbons (Fsp3) is 0.250. The molecule has 0 saturated carbocycles. The standard InChI is InChI=1S/C16H18FNO2/c1-20-16-4-2-3-12(9-16)5-6-18-11-13-7-14(17)10-15(19)8-13/h2-4,7-10,18-19H,5-6,11H2,1H3. The average Bonchev–Trinajstić information content (AvgIpc) is 2.43. The smallest absolute Gasteiger partial charge is 0.127 e. The molecule has 0 aliphatic carbocycles. The minimum Gasteiger partial charge on any atom is -0.508 e. The van der Waals surface area contributed by atoms with Crippen molar-refractivity contribution in [1.29, 1.82) is 0 Å². The molecule has 2 aromatic rings. The average molecular weight is 275 g/mol. The number of ether oxygens (including phenoxy) is 1. The normalized spacial score (nSPS) is 10.5. The third-order valence-corrected chi connectivity index (χ3v) is 3.00. The van der Waals surface area contributed by atoms with E-state index in [1.165, 1.54) is 11.6 Å². The van der Waals surface area contributed by atoms with Crippen molar-refractivity contribution in [2.75, 3.05) is 13.7 Å². The van der Waals surface area contributed by atoms with Crippen molar-refractivity contribution >= 4 is 0 Å². The van der Waals surface area contributed by atoms with E-state index in [9.17, 15) is 9.50 Å². The third kappa shape index (κ3) is 4.24. The first kappa shape index (κ1) is 14.3. The van der Waals surface area contributed by atoms with Crippen LogP contribution in [0.15, 0.2) is 42.5 Å². The second kappa shape index (κ2) is 6.91. The van der Waals surface area contributed by atoms with Gasteiger partial charge in [0.15, 0.2) is 0 Å². The second-order valence-electron chi connectivity index (χ2n) is 4.60. The Balaban J connectivity index is 1.81. The van der Waals surface area contributed by atoms with Gasteiger partial charge in [0.1, 0.15) is 17.3 Å². The van der Waals surface area contributed by atoms with Crippen LogP contribution in [0.1, 0.15) is 11.1 Å². The minimum atomic E-state index is -0.422. The van der Waals surface area contributed by atoms with Gasteiger partial charge in [0.25, 0.3) is 0 Å². The number of methoxy groups -OCH3 is 1. The summed E-state index contributed by atoms with van der Waals surface area (Å²) in [5.74, 6) is 0.377. The first-order valence-electron chi connectivity index (χ1n) is 6.49. The first-order chi connectivity index (χ1) is 9.67. The number of phenols is 1. The van der Waals surface area contributed by atoms with Crippen LogP contribution in [-0.2, 0) is 13.0 Å². The van der Waals surface area contributed by atoms with E-state index in [-0.39, 0.29) is 5.75 Å². The molecule has 0 aliphatic rings. The molecule has 2 rings (SSSR count). The van der Waals surface area contributed by atoms with Crippen LogP contribution in [0.5, 0.6) is 11.5 Å². The van der Waals surface area contributed by atoms with E-state index in [1.54, 1.807) is 13.2 Å². The Morgan fingerprint density at radius 1 is 1.15 bits per heavy atom. The summed E-state index contributed by atoms with van der Waals surface area (Å²) >= 11 is 0. The van der Waals surface area contributed by atoms with Gasteiger partial charge in [-0.05, 0) is 48.4 Å². The Labute approximate surface area is 118 Å². The molecule has 3 nitrogen and oxygen atoms in total. The number of halogens is 1. The van der Waals surface area contributed by atoms with Crippen molar-refractivity contribution in [3.05, 3.63) is 59.4 Å². The number of hydrogen-bond acceptors (Lipinski definition) is 3. The molecule has 106 valence electrons. The quantitative estimate of drug-likeness (QED) is 0.797. The van der Waals surface area contributed by atoms with Gasteiger partial charge in [-0.25, -0.2) is 4.39 Å². The Hall–Kier alpha value is -2.07. The van der Waals surface area contributed by atoms with Crippen LogP contribution >= 0.6 is 0 Å². The zero-order valence-electron chi connectivity index (χ0n) is 11.4. The summed E-state index contributed by atoms with van der Waals surface area (Å²) < 4.78 is 18.3. The van der Waals surface area contributed by atoms with Gasteiger partial charge in [0.05, 0.1) is 7.11 Å². The van der Waals surface area contributed by atoms with E-state index in [1.807, 2.05) is 24.3 Å². The number of benzene rings is 2. The first-order valence-corrected chi connectivity index (χ1v) is 6.49. The number of rotatable bonds is 6. The van der Waals surface area contributed by atoms with Crippen molar-refractivity contribution in [3.63, 3.8) is 0 Å². The SMILES string of the molecule is COc1cccc(CCNCc2cc(O)cc(F)c2)c1. The van der Waals surface area contributed by atoms with Crippen LogP contribution in [0, 0.1) is 5.82 Å². The van der Waals surface area contributed by atoms with E-state index in [0.717, 1.165) is 30.3 Å². The highest BCUT2D eigenvalue weighted by molar-refractivity contribution is 5.29. The van der Waals surface area contributed by atoms with E-state index >= 15 is 0 Å². The highest BCUT2D eigenvalue weighted by Crippen LogP contribution is 2.15. The topological polar surface area (TPSA) is 41.5 Å². The fourth-order valence-corrected chi connectivity index (χ4v) is 2.03. The van der Waals surface area contributed by atoms with Crippen LogP contribution in [0.25, 0.3) is 0 Å². The lowest BCUT2D eigenvalue weighted by Crippen LogP contribution is -2.16. The Kier molecular flexibility index (Phi) is 4.96. The summed E-state index contributed by atoms with van der Waals surface area (Å²) in [6.45, 7) is 1.29. The molecule has 20 heavy (non-hydrogen) atoms. The number of phenolic OH excluding ortho intramolecular Hbond substituents is 1.